The number of nitrogens with one attached hydrogen (secondary N) is 2. The molecule has 0 aromatic heterocycles. The first kappa shape index (κ1) is 18.4. The molecule has 6 heteroatoms. The number of hydrogen-bond acceptors (Lipinski definition) is 3. The molecule has 138 valence electrons. The van der Waals surface area contributed by atoms with Gasteiger partial charge in [-0.25, -0.2) is 0 Å². The lowest BCUT2D eigenvalue weighted by Crippen LogP contribution is -2.44. The summed E-state index contributed by atoms with van der Waals surface area (Å²) < 4.78 is 5.48. The van der Waals surface area contributed by atoms with Crippen molar-refractivity contribution >= 4 is 23.2 Å². The van der Waals surface area contributed by atoms with Gasteiger partial charge in [0, 0.05) is 37.7 Å². The van der Waals surface area contributed by atoms with Crippen LogP contribution in [0.5, 0.6) is 5.75 Å². The van der Waals surface area contributed by atoms with Gasteiger partial charge in [-0.2, -0.15) is 0 Å². The molecule has 26 heavy (non-hydrogen) atoms. The molecule has 2 aromatic rings. The predicted octanol–water partition coefficient (Wildman–Crippen LogP) is 3.29. The molecule has 0 bridgehead atoms. The number of hydrogen-bond donors (Lipinski definition) is 2. The molecule has 1 heterocycles. The van der Waals surface area contributed by atoms with E-state index in [1.54, 1.807) is 14.2 Å². The second-order valence-corrected chi connectivity index (χ2v) is 6.67. The van der Waals surface area contributed by atoms with Crippen molar-refractivity contribution in [3.8, 4) is 5.75 Å². The van der Waals surface area contributed by atoms with Crippen LogP contribution in [0, 0.1) is 0 Å². The van der Waals surface area contributed by atoms with Gasteiger partial charge in [-0.1, -0.05) is 41.9 Å². The summed E-state index contributed by atoms with van der Waals surface area (Å²) in [6.45, 7) is 2.54. The van der Waals surface area contributed by atoms with E-state index in [-0.39, 0.29) is 0 Å². The second-order valence-electron chi connectivity index (χ2n) is 6.26. The summed E-state index contributed by atoms with van der Waals surface area (Å²) in [7, 11) is 3.50. The van der Waals surface area contributed by atoms with E-state index in [9.17, 15) is 0 Å². The maximum Gasteiger partial charge on any atom is 0.191 e. The van der Waals surface area contributed by atoms with E-state index in [4.69, 9.17) is 16.3 Å². The number of methoxy groups -OCH3 is 1. The zero-order chi connectivity index (χ0) is 18.4. The number of rotatable bonds is 5. The van der Waals surface area contributed by atoms with Crippen molar-refractivity contribution in [3.05, 3.63) is 59.1 Å². The molecule has 1 unspecified atom stereocenters. The van der Waals surface area contributed by atoms with Gasteiger partial charge in [0.15, 0.2) is 5.96 Å². The minimum absolute atomic E-state index is 0.331. The first-order chi connectivity index (χ1) is 12.7. The standard InChI is InChI=1S/C20H25ClN4O/c1-22-20(23-13-15-7-3-4-8-17(15)21)24-16-11-12-25(14-16)18-9-5-6-10-19(18)26-2/h3-10,16H,11-14H2,1-2H3,(H2,22,23,24). The lowest BCUT2D eigenvalue weighted by Gasteiger charge is -2.22. The number of halogens is 1. The molecule has 2 aromatic carbocycles. The fourth-order valence-electron chi connectivity index (χ4n) is 3.20. The van der Waals surface area contributed by atoms with E-state index in [0.29, 0.717) is 12.6 Å². The predicted molar refractivity (Wildman–Crippen MR) is 108 cm³/mol. The number of guanidine groups is 1. The first-order valence-electron chi connectivity index (χ1n) is 8.80. The number of anilines is 1. The summed E-state index contributed by atoms with van der Waals surface area (Å²) in [5, 5.41) is 7.61. The van der Waals surface area contributed by atoms with E-state index in [1.807, 2.05) is 42.5 Å². The van der Waals surface area contributed by atoms with Crippen LogP contribution >= 0.6 is 11.6 Å². The first-order valence-corrected chi connectivity index (χ1v) is 9.17. The van der Waals surface area contributed by atoms with Crippen molar-refractivity contribution < 1.29 is 4.74 Å². The van der Waals surface area contributed by atoms with Crippen LogP contribution in [0.4, 0.5) is 5.69 Å². The minimum Gasteiger partial charge on any atom is -0.495 e. The monoisotopic (exact) mass is 372 g/mol. The van der Waals surface area contributed by atoms with Crippen LogP contribution in [0.2, 0.25) is 5.02 Å². The number of benzene rings is 2. The van der Waals surface area contributed by atoms with Gasteiger partial charge in [-0.05, 0) is 30.2 Å². The molecule has 0 radical (unpaired) electrons. The van der Waals surface area contributed by atoms with Gasteiger partial charge in [0.2, 0.25) is 0 Å². The highest BCUT2D eigenvalue weighted by atomic mass is 35.5. The average Bonchev–Trinajstić information content (AvgIpc) is 3.14. The van der Waals surface area contributed by atoms with Gasteiger partial charge in [-0.15, -0.1) is 0 Å². The fourth-order valence-corrected chi connectivity index (χ4v) is 3.40. The molecule has 0 saturated carbocycles. The number of nitrogens with zero attached hydrogens (tertiary/aromatic N) is 2. The summed E-state index contributed by atoms with van der Waals surface area (Å²) in [6, 6.07) is 16.3. The van der Waals surface area contributed by atoms with Crippen molar-refractivity contribution in [1.29, 1.82) is 0 Å². The molecule has 1 atom stereocenters. The van der Waals surface area contributed by atoms with E-state index in [1.165, 1.54) is 0 Å². The van der Waals surface area contributed by atoms with Crippen molar-refractivity contribution in [2.75, 3.05) is 32.1 Å². The molecule has 0 amide bonds. The topological polar surface area (TPSA) is 48.9 Å². The summed E-state index contributed by atoms with van der Waals surface area (Å²) in [4.78, 5) is 6.68. The fraction of sp³-hybridized carbons (Fsp3) is 0.350. The molecule has 1 aliphatic heterocycles. The molecule has 1 aliphatic rings. The normalized spacial score (nSPS) is 17.3. The number of ether oxygens (including phenoxy) is 1. The highest BCUT2D eigenvalue weighted by molar-refractivity contribution is 6.31. The van der Waals surface area contributed by atoms with Crippen LogP contribution in [0.3, 0.4) is 0 Å². The largest absolute Gasteiger partial charge is 0.495 e. The zero-order valence-electron chi connectivity index (χ0n) is 15.2. The highest BCUT2D eigenvalue weighted by Crippen LogP contribution is 2.30. The molecule has 0 spiro atoms. The van der Waals surface area contributed by atoms with E-state index >= 15 is 0 Å². The number of aliphatic imine (C=N–C) groups is 1. The van der Waals surface area contributed by atoms with Crippen LogP contribution in [0.15, 0.2) is 53.5 Å². The maximum atomic E-state index is 6.22. The Morgan fingerprint density at radius 3 is 2.77 bits per heavy atom. The summed E-state index contributed by atoms with van der Waals surface area (Å²) in [6.07, 6.45) is 1.05. The van der Waals surface area contributed by atoms with Crippen molar-refractivity contribution in [2.45, 2.75) is 19.0 Å². The van der Waals surface area contributed by atoms with Gasteiger partial charge in [-0.3, -0.25) is 4.99 Å². The zero-order valence-corrected chi connectivity index (χ0v) is 16.0. The van der Waals surface area contributed by atoms with Gasteiger partial charge in [0.25, 0.3) is 0 Å². The molecular formula is C20H25ClN4O. The molecule has 5 nitrogen and oxygen atoms in total. The molecule has 2 N–H and O–H groups in total. The van der Waals surface area contributed by atoms with Gasteiger partial charge in [0.05, 0.1) is 12.8 Å². The van der Waals surface area contributed by atoms with Crippen molar-refractivity contribution in [1.82, 2.24) is 10.6 Å². The lowest BCUT2D eigenvalue weighted by molar-refractivity contribution is 0.415. The Balaban J connectivity index is 1.56. The Hall–Kier alpha value is -2.40. The van der Waals surface area contributed by atoms with E-state index in [0.717, 1.165) is 47.5 Å². The van der Waals surface area contributed by atoms with E-state index < -0.39 is 0 Å². The third kappa shape index (κ3) is 4.41. The third-order valence-electron chi connectivity index (χ3n) is 4.58. The summed E-state index contributed by atoms with van der Waals surface area (Å²) in [5.41, 5.74) is 2.19. The molecule has 0 aliphatic carbocycles. The Morgan fingerprint density at radius 1 is 1.23 bits per heavy atom. The molecule has 3 rings (SSSR count). The Bertz CT molecular complexity index is 765. The lowest BCUT2D eigenvalue weighted by atomic mass is 10.2. The average molecular weight is 373 g/mol. The highest BCUT2D eigenvalue weighted by Gasteiger charge is 2.25. The van der Waals surface area contributed by atoms with Gasteiger partial charge < -0.3 is 20.3 Å². The summed E-state index contributed by atoms with van der Waals surface area (Å²) >= 11 is 6.22. The van der Waals surface area contributed by atoms with Crippen LogP contribution < -0.4 is 20.3 Å². The molecular weight excluding hydrogens is 348 g/mol. The smallest absolute Gasteiger partial charge is 0.191 e. The summed E-state index contributed by atoms with van der Waals surface area (Å²) in [5.74, 6) is 1.70. The molecule has 1 fully saturated rings. The third-order valence-corrected chi connectivity index (χ3v) is 4.95. The van der Waals surface area contributed by atoms with Crippen LogP contribution in [-0.2, 0) is 6.54 Å². The molecule has 1 saturated heterocycles. The quantitative estimate of drug-likeness (QED) is 0.624. The van der Waals surface area contributed by atoms with Crippen LogP contribution in [0.1, 0.15) is 12.0 Å². The van der Waals surface area contributed by atoms with Crippen molar-refractivity contribution in [3.63, 3.8) is 0 Å². The van der Waals surface area contributed by atoms with Crippen LogP contribution in [-0.4, -0.2) is 39.2 Å². The van der Waals surface area contributed by atoms with E-state index in [2.05, 4.69) is 26.6 Å². The van der Waals surface area contributed by atoms with Gasteiger partial charge in [0.1, 0.15) is 5.75 Å². The number of para-hydroxylation sites is 2. The van der Waals surface area contributed by atoms with Crippen LogP contribution in [0.25, 0.3) is 0 Å². The Kier molecular flexibility index (Phi) is 6.23. The second kappa shape index (κ2) is 8.81. The Labute approximate surface area is 160 Å². The van der Waals surface area contributed by atoms with Gasteiger partial charge >= 0.3 is 0 Å². The van der Waals surface area contributed by atoms with Crippen molar-refractivity contribution in [2.24, 2.45) is 4.99 Å². The SMILES string of the molecule is CN=C(NCc1ccccc1Cl)NC1CCN(c2ccccc2OC)C1. The maximum absolute atomic E-state index is 6.22. The minimum atomic E-state index is 0.331. The Morgan fingerprint density at radius 2 is 2.00 bits per heavy atom.